The first kappa shape index (κ1) is 18.1. The van der Waals surface area contributed by atoms with Crippen LogP contribution in [-0.2, 0) is 11.3 Å². The number of likely N-dealkylation sites (tertiary alicyclic amines) is 1. The van der Waals surface area contributed by atoms with E-state index in [0.29, 0.717) is 13.1 Å². The lowest BCUT2D eigenvalue weighted by molar-refractivity contribution is -0.123. The van der Waals surface area contributed by atoms with E-state index in [2.05, 4.69) is 10.6 Å². The first-order chi connectivity index (χ1) is 11.4. The van der Waals surface area contributed by atoms with Crippen LogP contribution in [0.3, 0.4) is 0 Å². The van der Waals surface area contributed by atoms with E-state index in [1.807, 2.05) is 4.90 Å². The second kappa shape index (κ2) is 8.05. The van der Waals surface area contributed by atoms with Gasteiger partial charge >= 0.3 is 6.03 Å². The van der Waals surface area contributed by atoms with Gasteiger partial charge in [0.1, 0.15) is 17.7 Å². The Bertz CT molecular complexity index is 591. The van der Waals surface area contributed by atoms with Gasteiger partial charge in [-0.25, -0.2) is 13.6 Å². The number of nitrogens with one attached hydrogen (secondary N) is 2. The maximum Gasteiger partial charge on any atom is 0.312 e. The van der Waals surface area contributed by atoms with Crippen LogP contribution < -0.4 is 16.4 Å². The van der Waals surface area contributed by atoms with E-state index in [1.165, 1.54) is 25.1 Å². The molecule has 1 aliphatic rings. The number of benzene rings is 1. The lowest BCUT2D eigenvalue weighted by atomic mass is 10.0. The molecule has 24 heavy (non-hydrogen) atoms. The minimum atomic E-state index is -0.766. The van der Waals surface area contributed by atoms with E-state index in [0.717, 1.165) is 12.8 Å². The molecule has 0 spiro atoms. The zero-order chi connectivity index (χ0) is 17.7. The van der Waals surface area contributed by atoms with Gasteiger partial charge in [0.2, 0.25) is 5.91 Å². The highest BCUT2D eigenvalue weighted by Crippen LogP contribution is 2.18. The third kappa shape index (κ3) is 4.89. The van der Waals surface area contributed by atoms with E-state index in [-0.39, 0.29) is 24.1 Å². The van der Waals surface area contributed by atoms with Gasteiger partial charge in [0, 0.05) is 24.7 Å². The highest BCUT2D eigenvalue weighted by Gasteiger charge is 2.25. The van der Waals surface area contributed by atoms with Crippen molar-refractivity contribution in [2.75, 3.05) is 13.1 Å². The van der Waals surface area contributed by atoms with Crippen molar-refractivity contribution in [1.29, 1.82) is 0 Å². The van der Waals surface area contributed by atoms with Gasteiger partial charge < -0.3 is 16.4 Å². The predicted octanol–water partition coefficient (Wildman–Crippen LogP) is 1.10. The largest absolute Gasteiger partial charge is 0.352 e. The summed E-state index contributed by atoms with van der Waals surface area (Å²) in [7, 11) is 0. The number of nitrogens with zero attached hydrogens (tertiary/aromatic N) is 1. The molecule has 6 nitrogen and oxygen atoms in total. The van der Waals surface area contributed by atoms with Crippen LogP contribution in [0.25, 0.3) is 0 Å². The maximum atomic E-state index is 13.8. The van der Waals surface area contributed by atoms with Gasteiger partial charge in [0.15, 0.2) is 0 Å². The molecule has 0 saturated carbocycles. The molecule has 0 radical (unpaired) electrons. The highest BCUT2D eigenvalue weighted by atomic mass is 19.1. The normalized spacial score (nSPS) is 19.5. The molecule has 1 fully saturated rings. The van der Waals surface area contributed by atoms with E-state index in [9.17, 15) is 18.4 Å². The number of hydrogen-bond acceptors (Lipinski definition) is 3. The van der Waals surface area contributed by atoms with Crippen LogP contribution in [0, 0.1) is 11.6 Å². The van der Waals surface area contributed by atoms with Gasteiger partial charge in [-0.1, -0.05) is 6.07 Å². The number of carbonyl (C=O) groups excluding carboxylic acids is 2. The molecule has 2 rings (SSSR count). The van der Waals surface area contributed by atoms with Crippen LogP contribution in [0.2, 0.25) is 0 Å². The number of amides is 3. The SMILES string of the molecule is C[C@@H](NC(N)=O)C(=O)N[C@@H]1CCCN(Cc2c(F)cccc2F)C1. The summed E-state index contributed by atoms with van der Waals surface area (Å²) in [5.74, 6) is -1.47. The number of carbonyl (C=O) groups is 2. The molecule has 8 heteroatoms. The summed E-state index contributed by atoms with van der Waals surface area (Å²) >= 11 is 0. The third-order valence-electron chi connectivity index (χ3n) is 4.05. The number of primary amides is 1. The molecule has 0 aliphatic carbocycles. The Morgan fingerprint density at radius 1 is 1.38 bits per heavy atom. The third-order valence-corrected chi connectivity index (χ3v) is 4.05. The van der Waals surface area contributed by atoms with Crippen molar-refractivity contribution in [2.45, 2.75) is 38.4 Å². The Kier molecular flexibility index (Phi) is 6.08. The Balaban J connectivity index is 1.92. The molecular weight excluding hydrogens is 318 g/mol. The average Bonchev–Trinajstić information content (AvgIpc) is 2.51. The molecular formula is C16H22F2N4O2. The number of rotatable bonds is 5. The molecule has 0 unspecified atom stereocenters. The molecule has 1 saturated heterocycles. The Morgan fingerprint density at radius 2 is 2.04 bits per heavy atom. The topological polar surface area (TPSA) is 87.5 Å². The molecule has 0 bridgehead atoms. The average molecular weight is 340 g/mol. The van der Waals surface area contributed by atoms with E-state index in [1.54, 1.807) is 0 Å². The summed E-state index contributed by atoms with van der Waals surface area (Å²) < 4.78 is 27.5. The summed E-state index contributed by atoms with van der Waals surface area (Å²) in [5.41, 5.74) is 5.03. The standard InChI is InChI=1S/C16H22F2N4O2/c1-10(20-16(19)24)15(23)21-11-4-3-7-22(8-11)9-12-13(17)5-2-6-14(12)18/h2,5-6,10-11H,3-4,7-9H2,1H3,(H,21,23)(H3,19,20,24)/t10-,11-/m1/s1. The second-order valence-corrected chi connectivity index (χ2v) is 6.01. The fraction of sp³-hybridized carbons (Fsp3) is 0.500. The molecule has 3 amide bonds. The van der Waals surface area contributed by atoms with E-state index >= 15 is 0 Å². The first-order valence-electron chi connectivity index (χ1n) is 7.88. The Morgan fingerprint density at radius 3 is 2.67 bits per heavy atom. The molecule has 132 valence electrons. The van der Waals surface area contributed by atoms with Crippen LogP contribution in [0.4, 0.5) is 13.6 Å². The Labute approximate surface area is 139 Å². The minimum Gasteiger partial charge on any atom is -0.352 e. The van der Waals surface area contributed by atoms with Gasteiger partial charge in [-0.3, -0.25) is 9.69 Å². The Hall–Kier alpha value is -2.22. The van der Waals surface area contributed by atoms with E-state index < -0.39 is 23.7 Å². The van der Waals surface area contributed by atoms with Crippen molar-refractivity contribution >= 4 is 11.9 Å². The monoisotopic (exact) mass is 340 g/mol. The van der Waals surface area contributed by atoms with Gasteiger partial charge in [-0.2, -0.15) is 0 Å². The van der Waals surface area contributed by atoms with Crippen molar-refractivity contribution in [3.05, 3.63) is 35.4 Å². The van der Waals surface area contributed by atoms with Gasteiger partial charge in [-0.15, -0.1) is 0 Å². The number of urea groups is 1. The smallest absolute Gasteiger partial charge is 0.312 e. The molecule has 0 aromatic heterocycles. The summed E-state index contributed by atoms with van der Waals surface area (Å²) in [6.45, 7) is 2.88. The number of nitrogens with two attached hydrogens (primary N) is 1. The lowest BCUT2D eigenvalue weighted by Gasteiger charge is -2.33. The molecule has 4 N–H and O–H groups in total. The zero-order valence-electron chi connectivity index (χ0n) is 13.5. The molecule has 1 aromatic carbocycles. The van der Waals surface area contributed by atoms with Crippen LogP contribution in [0.5, 0.6) is 0 Å². The lowest BCUT2D eigenvalue weighted by Crippen LogP contribution is -2.53. The fourth-order valence-electron chi connectivity index (χ4n) is 2.83. The maximum absolute atomic E-state index is 13.8. The van der Waals surface area contributed by atoms with Crippen molar-refractivity contribution in [3.63, 3.8) is 0 Å². The number of piperidine rings is 1. The minimum absolute atomic E-state index is 0.0354. The summed E-state index contributed by atoms with van der Waals surface area (Å²) in [4.78, 5) is 24.7. The number of hydrogen-bond donors (Lipinski definition) is 3. The van der Waals surface area contributed by atoms with Crippen molar-refractivity contribution in [2.24, 2.45) is 5.73 Å². The van der Waals surface area contributed by atoms with Gasteiger partial charge in [-0.05, 0) is 38.4 Å². The first-order valence-corrected chi connectivity index (χ1v) is 7.88. The van der Waals surface area contributed by atoms with Crippen LogP contribution in [-0.4, -0.2) is 42.0 Å². The van der Waals surface area contributed by atoms with Crippen molar-refractivity contribution < 1.29 is 18.4 Å². The number of halogens is 2. The quantitative estimate of drug-likeness (QED) is 0.750. The zero-order valence-corrected chi connectivity index (χ0v) is 13.5. The van der Waals surface area contributed by atoms with Crippen molar-refractivity contribution in [1.82, 2.24) is 15.5 Å². The summed E-state index contributed by atoms with van der Waals surface area (Å²) in [5, 5.41) is 5.14. The highest BCUT2D eigenvalue weighted by molar-refractivity contribution is 5.86. The summed E-state index contributed by atoms with van der Waals surface area (Å²) in [6.07, 6.45) is 1.57. The van der Waals surface area contributed by atoms with Crippen LogP contribution in [0.15, 0.2) is 18.2 Å². The van der Waals surface area contributed by atoms with Crippen LogP contribution >= 0.6 is 0 Å². The molecule has 1 aliphatic heterocycles. The van der Waals surface area contributed by atoms with E-state index in [4.69, 9.17) is 5.73 Å². The van der Waals surface area contributed by atoms with Crippen molar-refractivity contribution in [3.8, 4) is 0 Å². The van der Waals surface area contributed by atoms with Gasteiger partial charge in [0.25, 0.3) is 0 Å². The predicted molar refractivity (Wildman–Crippen MR) is 85.0 cm³/mol. The second-order valence-electron chi connectivity index (χ2n) is 6.01. The van der Waals surface area contributed by atoms with Gasteiger partial charge in [0.05, 0.1) is 0 Å². The molecule has 2 atom stereocenters. The molecule has 1 heterocycles. The fourth-order valence-corrected chi connectivity index (χ4v) is 2.83. The summed E-state index contributed by atoms with van der Waals surface area (Å²) in [6, 6.07) is 2.16. The van der Waals surface area contributed by atoms with Crippen LogP contribution in [0.1, 0.15) is 25.3 Å². The molecule has 1 aromatic rings.